The summed E-state index contributed by atoms with van der Waals surface area (Å²) in [7, 11) is 0. The molecule has 0 amide bonds. The number of rotatable bonds is 4. The van der Waals surface area contributed by atoms with Crippen LogP contribution in [0.3, 0.4) is 0 Å². The molecule has 2 unspecified atom stereocenters. The highest BCUT2D eigenvalue weighted by atomic mass is 32.1. The van der Waals surface area contributed by atoms with Gasteiger partial charge in [0, 0.05) is 22.2 Å². The molecule has 2 aromatic rings. The molecule has 0 saturated heterocycles. The molecular weight excluding hydrogens is 278 g/mol. The van der Waals surface area contributed by atoms with Crippen LogP contribution in [0, 0.1) is 6.92 Å². The SMILES string of the molecule is Cc1cccc(C(CN)C(O)c2cc3c(s2)CCCC3)c1. The van der Waals surface area contributed by atoms with Gasteiger partial charge in [0.05, 0.1) is 6.10 Å². The average molecular weight is 301 g/mol. The highest BCUT2D eigenvalue weighted by Gasteiger charge is 2.25. The molecule has 3 N–H and O–H groups in total. The van der Waals surface area contributed by atoms with E-state index in [9.17, 15) is 5.11 Å². The average Bonchev–Trinajstić information content (AvgIpc) is 2.92. The Morgan fingerprint density at radius 2 is 2.05 bits per heavy atom. The number of fused-ring (bicyclic) bond motifs is 1. The Labute approximate surface area is 130 Å². The fraction of sp³-hybridized carbons (Fsp3) is 0.444. The fourth-order valence-corrected chi connectivity index (χ4v) is 4.51. The summed E-state index contributed by atoms with van der Waals surface area (Å²) in [5.41, 5.74) is 9.75. The van der Waals surface area contributed by atoms with Crippen LogP contribution in [0.5, 0.6) is 0 Å². The summed E-state index contributed by atoms with van der Waals surface area (Å²) >= 11 is 1.78. The van der Waals surface area contributed by atoms with Gasteiger partial charge in [-0.05, 0) is 49.8 Å². The van der Waals surface area contributed by atoms with Crippen molar-refractivity contribution >= 4 is 11.3 Å². The van der Waals surface area contributed by atoms with E-state index < -0.39 is 6.10 Å². The van der Waals surface area contributed by atoms with E-state index in [0.717, 1.165) is 16.9 Å². The first-order chi connectivity index (χ1) is 10.2. The fourth-order valence-electron chi connectivity index (χ4n) is 3.21. The molecule has 1 aromatic heterocycles. The molecule has 1 aromatic carbocycles. The van der Waals surface area contributed by atoms with Gasteiger partial charge in [-0.2, -0.15) is 0 Å². The predicted molar refractivity (Wildman–Crippen MR) is 88.9 cm³/mol. The minimum Gasteiger partial charge on any atom is -0.387 e. The van der Waals surface area contributed by atoms with Crippen LogP contribution in [-0.2, 0) is 12.8 Å². The van der Waals surface area contributed by atoms with Crippen LogP contribution in [0.25, 0.3) is 0 Å². The van der Waals surface area contributed by atoms with Crippen LogP contribution in [0.15, 0.2) is 30.3 Å². The quantitative estimate of drug-likeness (QED) is 0.904. The van der Waals surface area contributed by atoms with Crippen LogP contribution in [-0.4, -0.2) is 11.7 Å². The second-order valence-corrected chi connectivity index (χ2v) is 7.17. The Hall–Kier alpha value is -1.16. The van der Waals surface area contributed by atoms with Gasteiger partial charge in [0.1, 0.15) is 0 Å². The van der Waals surface area contributed by atoms with Gasteiger partial charge in [0.2, 0.25) is 0 Å². The van der Waals surface area contributed by atoms with Crippen molar-refractivity contribution in [3.8, 4) is 0 Å². The molecule has 1 aliphatic carbocycles. The van der Waals surface area contributed by atoms with Gasteiger partial charge in [-0.15, -0.1) is 11.3 Å². The van der Waals surface area contributed by atoms with Crippen LogP contribution >= 0.6 is 11.3 Å². The zero-order chi connectivity index (χ0) is 14.8. The van der Waals surface area contributed by atoms with Crippen LogP contribution < -0.4 is 5.73 Å². The Bertz CT molecular complexity index is 596. The van der Waals surface area contributed by atoms with E-state index in [1.165, 1.54) is 35.3 Å². The first kappa shape index (κ1) is 14.8. The van der Waals surface area contributed by atoms with E-state index in [2.05, 4.69) is 31.2 Å². The molecule has 3 rings (SSSR count). The second-order valence-electron chi connectivity index (χ2n) is 6.01. The van der Waals surface area contributed by atoms with Crippen molar-refractivity contribution in [1.29, 1.82) is 0 Å². The summed E-state index contributed by atoms with van der Waals surface area (Å²) in [6.07, 6.45) is 4.40. The molecule has 3 heteroatoms. The molecule has 2 atom stereocenters. The number of aryl methyl sites for hydroxylation is 3. The molecule has 0 bridgehead atoms. The van der Waals surface area contributed by atoms with Gasteiger partial charge in [-0.25, -0.2) is 0 Å². The molecule has 21 heavy (non-hydrogen) atoms. The largest absolute Gasteiger partial charge is 0.387 e. The minimum absolute atomic E-state index is 0.0231. The summed E-state index contributed by atoms with van der Waals surface area (Å²) in [6, 6.07) is 10.5. The van der Waals surface area contributed by atoms with E-state index in [4.69, 9.17) is 5.73 Å². The van der Waals surface area contributed by atoms with Crippen molar-refractivity contribution in [3.05, 3.63) is 56.8 Å². The number of hydrogen-bond donors (Lipinski definition) is 2. The summed E-state index contributed by atoms with van der Waals surface area (Å²) in [4.78, 5) is 2.55. The molecule has 1 heterocycles. The minimum atomic E-state index is -0.493. The monoisotopic (exact) mass is 301 g/mol. The summed E-state index contributed by atoms with van der Waals surface area (Å²) in [5, 5.41) is 10.8. The first-order valence-corrected chi connectivity index (χ1v) is 8.57. The van der Waals surface area contributed by atoms with E-state index in [1.807, 2.05) is 6.07 Å². The van der Waals surface area contributed by atoms with E-state index in [1.54, 1.807) is 11.3 Å². The molecule has 0 radical (unpaired) electrons. The van der Waals surface area contributed by atoms with Crippen molar-refractivity contribution in [3.63, 3.8) is 0 Å². The number of aliphatic hydroxyl groups is 1. The molecular formula is C18H23NOS. The molecule has 1 aliphatic rings. The van der Waals surface area contributed by atoms with E-state index >= 15 is 0 Å². The topological polar surface area (TPSA) is 46.2 Å². The maximum absolute atomic E-state index is 10.8. The standard InChI is InChI=1S/C18H23NOS/c1-12-5-4-7-13(9-12)15(11-19)18(20)17-10-14-6-2-3-8-16(14)21-17/h4-5,7,9-10,15,18,20H,2-3,6,8,11,19H2,1H3. The summed E-state index contributed by atoms with van der Waals surface area (Å²) in [6.45, 7) is 2.54. The highest BCUT2D eigenvalue weighted by Crippen LogP contribution is 2.38. The van der Waals surface area contributed by atoms with Crippen molar-refractivity contribution in [2.24, 2.45) is 5.73 Å². The summed E-state index contributed by atoms with van der Waals surface area (Å²) in [5.74, 6) is -0.0231. The van der Waals surface area contributed by atoms with Gasteiger partial charge in [-0.3, -0.25) is 0 Å². The Balaban J connectivity index is 1.88. The first-order valence-electron chi connectivity index (χ1n) is 7.75. The van der Waals surface area contributed by atoms with Crippen LogP contribution in [0.4, 0.5) is 0 Å². The normalized spacial score (nSPS) is 17.3. The van der Waals surface area contributed by atoms with Gasteiger partial charge in [0.25, 0.3) is 0 Å². The van der Waals surface area contributed by atoms with Crippen molar-refractivity contribution in [1.82, 2.24) is 0 Å². The lowest BCUT2D eigenvalue weighted by molar-refractivity contribution is 0.151. The molecule has 0 saturated carbocycles. The third-order valence-corrected chi connectivity index (χ3v) is 5.72. The smallest absolute Gasteiger partial charge is 0.0962 e. The Kier molecular flexibility index (Phi) is 4.43. The van der Waals surface area contributed by atoms with Gasteiger partial charge in [0.15, 0.2) is 0 Å². The van der Waals surface area contributed by atoms with Gasteiger partial charge < -0.3 is 10.8 Å². The van der Waals surface area contributed by atoms with Gasteiger partial charge in [-0.1, -0.05) is 29.8 Å². The number of aliphatic hydroxyl groups excluding tert-OH is 1. The molecule has 0 aliphatic heterocycles. The van der Waals surface area contributed by atoms with Gasteiger partial charge >= 0.3 is 0 Å². The lowest BCUT2D eigenvalue weighted by Gasteiger charge is -2.21. The molecule has 2 nitrogen and oxygen atoms in total. The Morgan fingerprint density at radius 3 is 2.76 bits per heavy atom. The number of nitrogens with two attached hydrogens (primary N) is 1. The maximum atomic E-state index is 10.8. The molecule has 0 fully saturated rings. The van der Waals surface area contributed by atoms with Crippen LogP contribution in [0.2, 0.25) is 0 Å². The maximum Gasteiger partial charge on any atom is 0.0962 e. The zero-order valence-electron chi connectivity index (χ0n) is 12.5. The predicted octanol–water partition coefficient (Wildman–Crippen LogP) is 3.71. The lowest BCUT2D eigenvalue weighted by Crippen LogP contribution is -2.19. The lowest BCUT2D eigenvalue weighted by atomic mass is 9.91. The van der Waals surface area contributed by atoms with E-state index in [0.29, 0.717) is 6.54 Å². The summed E-state index contributed by atoms with van der Waals surface area (Å²) < 4.78 is 0. The second kappa shape index (κ2) is 6.30. The number of benzene rings is 1. The third kappa shape index (κ3) is 3.05. The van der Waals surface area contributed by atoms with Crippen molar-refractivity contribution in [2.75, 3.05) is 6.54 Å². The van der Waals surface area contributed by atoms with Crippen molar-refractivity contribution in [2.45, 2.75) is 44.6 Å². The van der Waals surface area contributed by atoms with Crippen LogP contribution in [0.1, 0.15) is 51.3 Å². The number of thiophene rings is 1. The number of hydrogen-bond acceptors (Lipinski definition) is 3. The van der Waals surface area contributed by atoms with E-state index in [-0.39, 0.29) is 5.92 Å². The third-order valence-electron chi connectivity index (χ3n) is 4.41. The zero-order valence-corrected chi connectivity index (χ0v) is 13.3. The van der Waals surface area contributed by atoms with Crippen molar-refractivity contribution < 1.29 is 5.11 Å². The highest BCUT2D eigenvalue weighted by molar-refractivity contribution is 7.12. The molecule has 0 spiro atoms. The molecule has 112 valence electrons. The Morgan fingerprint density at radius 1 is 1.24 bits per heavy atom.